The molecule has 1 N–H and O–H groups in total. The summed E-state index contributed by atoms with van der Waals surface area (Å²) >= 11 is 0. The van der Waals surface area contributed by atoms with E-state index in [4.69, 9.17) is 0 Å². The number of aryl methyl sites for hydroxylation is 2. The average Bonchev–Trinajstić information content (AvgIpc) is 2.40. The van der Waals surface area contributed by atoms with Gasteiger partial charge in [0.2, 0.25) is 5.95 Å². The zero-order chi connectivity index (χ0) is 13.7. The maximum Gasteiger partial charge on any atom is 0.223 e. The minimum atomic E-state index is 0.365. The topological polar surface area (TPSA) is 37.8 Å². The van der Waals surface area contributed by atoms with Crippen LogP contribution in [0.15, 0.2) is 36.5 Å². The lowest BCUT2D eigenvalue weighted by molar-refractivity contribution is 0.682. The first kappa shape index (κ1) is 13.5. The Morgan fingerprint density at radius 1 is 1.11 bits per heavy atom. The van der Waals surface area contributed by atoms with Gasteiger partial charge in [-0.25, -0.2) is 9.97 Å². The van der Waals surface area contributed by atoms with Crippen LogP contribution in [0, 0.1) is 13.8 Å². The highest BCUT2D eigenvalue weighted by Gasteiger charge is 2.08. The smallest absolute Gasteiger partial charge is 0.223 e. The van der Waals surface area contributed by atoms with E-state index in [1.807, 2.05) is 13.0 Å². The van der Waals surface area contributed by atoms with Crippen molar-refractivity contribution in [3.63, 3.8) is 0 Å². The number of benzene rings is 1. The largest absolute Gasteiger partial charge is 0.351 e. The summed E-state index contributed by atoms with van der Waals surface area (Å²) in [5, 5.41) is 3.41. The fourth-order valence-corrected chi connectivity index (χ4v) is 2.01. The van der Waals surface area contributed by atoms with Crippen molar-refractivity contribution in [3.05, 3.63) is 53.3 Å². The van der Waals surface area contributed by atoms with Gasteiger partial charge in [0.05, 0.1) is 0 Å². The Morgan fingerprint density at radius 3 is 2.47 bits per heavy atom. The van der Waals surface area contributed by atoms with Gasteiger partial charge in [-0.15, -0.1) is 0 Å². The molecule has 2 rings (SSSR count). The normalized spacial score (nSPS) is 12.2. The highest BCUT2D eigenvalue weighted by atomic mass is 15.1. The molecule has 2 aromatic rings. The van der Waals surface area contributed by atoms with E-state index in [0.29, 0.717) is 6.04 Å². The van der Waals surface area contributed by atoms with Crippen LogP contribution in [0.1, 0.15) is 30.2 Å². The molecule has 0 amide bonds. The third kappa shape index (κ3) is 4.05. The van der Waals surface area contributed by atoms with Gasteiger partial charge in [0.1, 0.15) is 0 Å². The molecule has 3 heteroatoms. The van der Waals surface area contributed by atoms with E-state index in [9.17, 15) is 0 Å². The zero-order valence-electron chi connectivity index (χ0n) is 11.9. The molecule has 0 saturated heterocycles. The van der Waals surface area contributed by atoms with Crippen LogP contribution in [0.2, 0.25) is 0 Å². The third-order valence-electron chi connectivity index (χ3n) is 3.22. The molecule has 0 aliphatic heterocycles. The summed E-state index contributed by atoms with van der Waals surface area (Å²) in [6, 6.07) is 11.0. The van der Waals surface area contributed by atoms with Gasteiger partial charge in [-0.3, -0.25) is 0 Å². The van der Waals surface area contributed by atoms with Gasteiger partial charge in [-0.2, -0.15) is 0 Å². The molecule has 100 valence electrons. The van der Waals surface area contributed by atoms with Crippen molar-refractivity contribution in [2.24, 2.45) is 0 Å². The van der Waals surface area contributed by atoms with Gasteiger partial charge in [0, 0.05) is 17.9 Å². The van der Waals surface area contributed by atoms with Gasteiger partial charge in [-0.05, 0) is 38.3 Å². The number of anilines is 1. The molecule has 0 bridgehead atoms. The van der Waals surface area contributed by atoms with E-state index in [1.165, 1.54) is 11.1 Å². The van der Waals surface area contributed by atoms with Crippen LogP contribution < -0.4 is 5.32 Å². The second-order valence-electron chi connectivity index (χ2n) is 4.96. The summed E-state index contributed by atoms with van der Waals surface area (Å²) < 4.78 is 0. The molecule has 0 radical (unpaired) electrons. The van der Waals surface area contributed by atoms with Gasteiger partial charge in [-0.1, -0.05) is 36.8 Å². The maximum absolute atomic E-state index is 4.39. The lowest BCUT2D eigenvalue weighted by Crippen LogP contribution is -2.22. The van der Waals surface area contributed by atoms with Crippen molar-refractivity contribution < 1.29 is 0 Å². The van der Waals surface area contributed by atoms with E-state index in [0.717, 1.165) is 24.5 Å². The molecule has 1 aromatic heterocycles. The predicted molar refractivity (Wildman–Crippen MR) is 79.4 cm³/mol. The number of nitrogens with zero attached hydrogens (tertiary/aromatic N) is 2. The number of rotatable bonds is 5. The van der Waals surface area contributed by atoms with Crippen LogP contribution in [-0.2, 0) is 6.42 Å². The fraction of sp³-hybridized carbons (Fsp3) is 0.375. The maximum atomic E-state index is 4.39. The molecule has 0 spiro atoms. The summed E-state index contributed by atoms with van der Waals surface area (Å²) in [5.74, 6) is 0.721. The highest BCUT2D eigenvalue weighted by molar-refractivity contribution is 5.29. The molecule has 0 aliphatic rings. The van der Waals surface area contributed by atoms with Gasteiger partial charge < -0.3 is 5.32 Å². The van der Waals surface area contributed by atoms with Crippen LogP contribution >= 0.6 is 0 Å². The van der Waals surface area contributed by atoms with Crippen molar-refractivity contribution in [3.8, 4) is 0 Å². The Labute approximate surface area is 115 Å². The second kappa shape index (κ2) is 6.32. The Kier molecular flexibility index (Phi) is 4.50. The van der Waals surface area contributed by atoms with E-state index >= 15 is 0 Å². The molecule has 1 atom stereocenters. The quantitative estimate of drug-likeness (QED) is 0.888. The molecule has 1 heterocycles. The van der Waals surface area contributed by atoms with E-state index < -0.39 is 0 Å². The zero-order valence-corrected chi connectivity index (χ0v) is 11.9. The summed E-state index contributed by atoms with van der Waals surface area (Å²) in [7, 11) is 0. The molecule has 0 aliphatic carbocycles. The van der Waals surface area contributed by atoms with Crippen molar-refractivity contribution in [2.45, 2.75) is 39.7 Å². The van der Waals surface area contributed by atoms with Gasteiger partial charge >= 0.3 is 0 Å². The number of hydrogen-bond donors (Lipinski definition) is 1. The van der Waals surface area contributed by atoms with Crippen LogP contribution in [0.5, 0.6) is 0 Å². The molecule has 19 heavy (non-hydrogen) atoms. The summed E-state index contributed by atoms with van der Waals surface area (Å²) in [6.07, 6.45) is 3.84. The number of hydrogen-bond acceptors (Lipinski definition) is 3. The van der Waals surface area contributed by atoms with Crippen molar-refractivity contribution >= 4 is 5.95 Å². The van der Waals surface area contributed by atoms with Crippen LogP contribution in [-0.4, -0.2) is 16.0 Å². The third-order valence-corrected chi connectivity index (χ3v) is 3.22. The molecule has 0 fully saturated rings. The van der Waals surface area contributed by atoms with E-state index in [2.05, 4.69) is 53.4 Å². The number of nitrogens with one attached hydrogen (secondary N) is 1. The van der Waals surface area contributed by atoms with E-state index in [1.54, 1.807) is 6.20 Å². The first-order chi connectivity index (χ1) is 9.17. The molecule has 1 aromatic carbocycles. The highest BCUT2D eigenvalue weighted by Crippen LogP contribution is 2.11. The lowest BCUT2D eigenvalue weighted by atomic mass is 10.0. The standard InChI is InChI=1S/C16H21N3/c1-4-15(11-14-7-5-12(2)6-8-14)19-16-17-10-9-13(3)18-16/h5-10,15H,4,11H2,1-3H3,(H,17,18,19). The van der Waals surface area contributed by atoms with Crippen molar-refractivity contribution in [1.82, 2.24) is 9.97 Å². The molecule has 3 nitrogen and oxygen atoms in total. The summed E-state index contributed by atoms with van der Waals surface area (Å²) in [4.78, 5) is 8.66. The van der Waals surface area contributed by atoms with E-state index in [-0.39, 0.29) is 0 Å². The predicted octanol–water partition coefficient (Wildman–Crippen LogP) is 3.53. The minimum Gasteiger partial charge on any atom is -0.351 e. The van der Waals surface area contributed by atoms with Gasteiger partial charge in [0.25, 0.3) is 0 Å². The molecule has 1 unspecified atom stereocenters. The van der Waals surface area contributed by atoms with Crippen molar-refractivity contribution in [2.75, 3.05) is 5.32 Å². The van der Waals surface area contributed by atoms with Crippen molar-refractivity contribution in [1.29, 1.82) is 0 Å². The first-order valence-electron chi connectivity index (χ1n) is 6.79. The Balaban J connectivity index is 2.02. The molecule has 0 saturated carbocycles. The number of aromatic nitrogens is 2. The van der Waals surface area contributed by atoms with Crippen LogP contribution in [0.4, 0.5) is 5.95 Å². The van der Waals surface area contributed by atoms with Gasteiger partial charge in [0.15, 0.2) is 0 Å². The lowest BCUT2D eigenvalue weighted by Gasteiger charge is -2.17. The Hall–Kier alpha value is -1.90. The molecular formula is C16H21N3. The average molecular weight is 255 g/mol. The van der Waals surface area contributed by atoms with Crippen LogP contribution in [0.3, 0.4) is 0 Å². The Morgan fingerprint density at radius 2 is 1.84 bits per heavy atom. The summed E-state index contributed by atoms with van der Waals surface area (Å²) in [6.45, 7) is 6.27. The molecular weight excluding hydrogens is 234 g/mol. The fourth-order valence-electron chi connectivity index (χ4n) is 2.01. The SMILES string of the molecule is CCC(Cc1ccc(C)cc1)Nc1nccc(C)n1. The first-order valence-corrected chi connectivity index (χ1v) is 6.79. The summed E-state index contributed by atoms with van der Waals surface area (Å²) in [5.41, 5.74) is 3.63. The second-order valence-corrected chi connectivity index (χ2v) is 4.96. The van der Waals surface area contributed by atoms with Crippen LogP contribution in [0.25, 0.3) is 0 Å². The minimum absolute atomic E-state index is 0.365. The monoisotopic (exact) mass is 255 g/mol. The Bertz CT molecular complexity index is 520.